The number of nitrogens with zero attached hydrogens (tertiary/aromatic N) is 7. The fourth-order valence-corrected chi connectivity index (χ4v) is 3.25. The molecule has 0 aliphatic carbocycles. The lowest BCUT2D eigenvalue weighted by atomic mass is 10.2. The van der Waals surface area contributed by atoms with Crippen LogP contribution < -0.4 is 0 Å². The molecule has 0 aliphatic heterocycles. The summed E-state index contributed by atoms with van der Waals surface area (Å²) in [5.74, 6) is 0.804. The number of nitriles is 2. The molecule has 0 aromatic carbocycles. The van der Waals surface area contributed by atoms with Crippen LogP contribution in [-0.4, -0.2) is 49.4 Å². The van der Waals surface area contributed by atoms with E-state index in [-0.39, 0.29) is 24.5 Å². The second-order valence-electron chi connectivity index (χ2n) is 5.27. The molecule has 0 spiro atoms. The van der Waals surface area contributed by atoms with E-state index in [9.17, 15) is 4.79 Å². The van der Waals surface area contributed by atoms with Crippen molar-refractivity contribution in [2.75, 3.05) is 18.8 Å². The molecule has 0 radical (unpaired) electrons. The van der Waals surface area contributed by atoms with E-state index in [2.05, 4.69) is 15.2 Å². The van der Waals surface area contributed by atoms with Gasteiger partial charge < -0.3 is 9.47 Å². The highest BCUT2D eigenvalue weighted by molar-refractivity contribution is 7.99. The van der Waals surface area contributed by atoms with E-state index in [1.54, 1.807) is 17.3 Å². The maximum atomic E-state index is 12.4. The summed E-state index contributed by atoms with van der Waals surface area (Å²) in [6, 6.07) is 7.78. The van der Waals surface area contributed by atoms with Gasteiger partial charge in [-0.2, -0.15) is 10.5 Å². The van der Waals surface area contributed by atoms with Crippen molar-refractivity contribution in [1.82, 2.24) is 24.6 Å². The van der Waals surface area contributed by atoms with Crippen LogP contribution in [0.4, 0.5) is 0 Å². The average Bonchev–Trinajstić information content (AvgIpc) is 3.09. The number of carbonyl (C=O) groups excluding carboxylic acids is 1. The highest BCUT2D eigenvalue weighted by Crippen LogP contribution is 2.23. The summed E-state index contributed by atoms with van der Waals surface area (Å²) in [5.41, 5.74) is 0.914. The van der Waals surface area contributed by atoms with E-state index in [0.717, 1.165) is 11.4 Å². The molecular weight excluding hydrogens is 350 g/mol. The maximum absolute atomic E-state index is 12.4. The van der Waals surface area contributed by atoms with Crippen molar-refractivity contribution in [3.05, 3.63) is 24.5 Å². The summed E-state index contributed by atoms with van der Waals surface area (Å²) in [5, 5.41) is 26.5. The van der Waals surface area contributed by atoms with Gasteiger partial charge in [0.25, 0.3) is 0 Å². The molecule has 0 fully saturated rings. The van der Waals surface area contributed by atoms with E-state index in [4.69, 9.17) is 10.5 Å². The van der Waals surface area contributed by atoms with Gasteiger partial charge in [-0.15, -0.1) is 10.2 Å². The predicted octanol–water partition coefficient (Wildman–Crippen LogP) is 2.11. The summed E-state index contributed by atoms with van der Waals surface area (Å²) in [7, 11) is 0. The first kappa shape index (κ1) is 19.4. The normalized spacial score (nSPS) is 10.1. The van der Waals surface area contributed by atoms with Crippen molar-refractivity contribution < 1.29 is 4.79 Å². The van der Waals surface area contributed by atoms with Crippen LogP contribution in [0, 0.1) is 22.7 Å². The molecular formula is C17H19N7OS. The minimum atomic E-state index is -0.114. The van der Waals surface area contributed by atoms with E-state index in [1.165, 1.54) is 11.8 Å². The summed E-state index contributed by atoms with van der Waals surface area (Å²) in [6.45, 7) is 3.33. The van der Waals surface area contributed by atoms with E-state index in [1.807, 2.05) is 35.8 Å². The highest BCUT2D eigenvalue weighted by Gasteiger charge is 2.17. The van der Waals surface area contributed by atoms with Crippen LogP contribution in [0.2, 0.25) is 0 Å². The Morgan fingerprint density at radius 3 is 2.42 bits per heavy atom. The number of hydrogen-bond donors (Lipinski definition) is 0. The molecule has 0 atom stereocenters. The molecule has 134 valence electrons. The molecule has 2 heterocycles. The molecule has 26 heavy (non-hydrogen) atoms. The molecule has 0 saturated carbocycles. The Labute approximate surface area is 156 Å². The molecule has 8 nitrogen and oxygen atoms in total. The Morgan fingerprint density at radius 2 is 1.85 bits per heavy atom. The molecule has 2 rings (SSSR count). The average molecular weight is 369 g/mol. The summed E-state index contributed by atoms with van der Waals surface area (Å²) in [6.07, 6.45) is 3.89. The molecule has 2 aromatic heterocycles. The van der Waals surface area contributed by atoms with E-state index in [0.29, 0.717) is 24.8 Å². The maximum Gasteiger partial charge on any atom is 0.233 e. The number of thioether (sulfide) groups is 1. The number of rotatable bonds is 9. The monoisotopic (exact) mass is 369 g/mol. The van der Waals surface area contributed by atoms with Crippen LogP contribution >= 0.6 is 11.8 Å². The first-order valence-electron chi connectivity index (χ1n) is 8.19. The number of amides is 1. The van der Waals surface area contributed by atoms with Gasteiger partial charge in [0.05, 0.1) is 30.7 Å². The first-order valence-corrected chi connectivity index (χ1v) is 9.17. The second-order valence-corrected chi connectivity index (χ2v) is 6.21. The summed E-state index contributed by atoms with van der Waals surface area (Å²) >= 11 is 1.31. The van der Waals surface area contributed by atoms with Gasteiger partial charge in [0.1, 0.15) is 0 Å². The van der Waals surface area contributed by atoms with Gasteiger partial charge in [0.15, 0.2) is 11.0 Å². The number of carbonyl (C=O) groups is 1. The molecule has 2 aromatic rings. The van der Waals surface area contributed by atoms with Crippen LogP contribution in [0.5, 0.6) is 0 Å². The molecule has 0 bridgehead atoms. The van der Waals surface area contributed by atoms with Crippen molar-refractivity contribution in [2.24, 2.45) is 0 Å². The lowest BCUT2D eigenvalue weighted by Crippen LogP contribution is -2.34. The third kappa shape index (κ3) is 5.04. The molecule has 0 N–H and O–H groups in total. The Kier molecular flexibility index (Phi) is 7.59. The number of pyridine rings is 1. The predicted molar refractivity (Wildman–Crippen MR) is 96.7 cm³/mol. The Hall–Kier alpha value is -2.91. The van der Waals surface area contributed by atoms with Crippen molar-refractivity contribution in [3.8, 4) is 23.5 Å². The van der Waals surface area contributed by atoms with Gasteiger partial charge in [-0.3, -0.25) is 9.78 Å². The van der Waals surface area contributed by atoms with E-state index >= 15 is 0 Å². The Morgan fingerprint density at radius 1 is 1.19 bits per heavy atom. The third-order valence-electron chi connectivity index (χ3n) is 3.64. The quantitative estimate of drug-likeness (QED) is 0.622. The second kappa shape index (κ2) is 10.2. The van der Waals surface area contributed by atoms with Gasteiger partial charge >= 0.3 is 0 Å². The minimum absolute atomic E-state index is 0.114. The fraction of sp³-hybridized carbons (Fsp3) is 0.412. The third-order valence-corrected chi connectivity index (χ3v) is 4.59. The molecule has 0 unspecified atom stereocenters. The largest absolute Gasteiger partial charge is 0.340 e. The van der Waals surface area contributed by atoms with Crippen LogP contribution in [0.3, 0.4) is 0 Å². The Bertz CT molecular complexity index is 789. The van der Waals surface area contributed by atoms with Crippen molar-refractivity contribution in [3.63, 3.8) is 0 Å². The zero-order valence-electron chi connectivity index (χ0n) is 14.5. The lowest BCUT2D eigenvalue weighted by Gasteiger charge is -2.20. The van der Waals surface area contributed by atoms with Gasteiger partial charge in [-0.05, 0) is 19.1 Å². The molecule has 9 heteroatoms. The smallest absolute Gasteiger partial charge is 0.233 e. The van der Waals surface area contributed by atoms with Crippen LogP contribution in [0.25, 0.3) is 11.4 Å². The number of aromatic nitrogens is 4. The van der Waals surface area contributed by atoms with Crippen molar-refractivity contribution >= 4 is 17.7 Å². The lowest BCUT2D eigenvalue weighted by molar-refractivity contribution is -0.128. The highest BCUT2D eigenvalue weighted by atomic mass is 32.2. The number of hydrogen-bond acceptors (Lipinski definition) is 7. The standard InChI is InChI=1S/C17H19N7OS/c1-2-24-16(14-5-9-20-10-6-14)21-22-17(24)26-13-15(25)23(11-3-7-18)12-4-8-19/h5-6,9-10H,2-4,11-13H2,1H3. The van der Waals surface area contributed by atoms with Crippen molar-refractivity contribution in [2.45, 2.75) is 31.5 Å². The van der Waals surface area contributed by atoms with Crippen LogP contribution in [0.15, 0.2) is 29.7 Å². The molecule has 0 saturated heterocycles. The van der Waals surface area contributed by atoms with E-state index < -0.39 is 0 Å². The molecule has 1 amide bonds. The summed E-state index contributed by atoms with van der Waals surface area (Å²) in [4.78, 5) is 18.0. The van der Waals surface area contributed by atoms with Crippen LogP contribution in [0.1, 0.15) is 19.8 Å². The Balaban J connectivity index is 2.06. The SMILES string of the molecule is CCn1c(SCC(=O)N(CCC#N)CCC#N)nnc1-c1ccncc1. The zero-order valence-corrected chi connectivity index (χ0v) is 15.3. The van der Waals surface area contributed by atoms with Gasteiger partial charge in [0, 0.05) is 37.6 Å². The fourth-order valence-electron chi connectivity index (χ4n) is 2.34. The molecule has 0 aliphatic rings. The summed E-state index contributed by atoms with van der Waals surface area (Å²) < 4.78 is 1.95. The minimum Gasteiger partial charge on any atom is -0.340 e. The van der Waals surface area contributed by atoms with Crippen LogP contribution in [-0.2, 0) is 11.3 Å². The zero-order chi connectivity index (χ0) is 18.8. The van der Waals surface area contributed by atoms with Gasteiger partial charge in [0.2, 0.25) is 5.91 Å². The first-order chi connectivity index (χ1) is 12.7. The van der Waals surface area contributed by atoms with Crippen molar-refractivity contribution in [1.29, 1.82) is 10.5 Å². The topological polar surface area (TPSA) is 111 Å². The van der Waals surface area contributed by atoms with Gasteiger partial charge in [-0.25, -0.2) is 0 Å². The van der Waals surface area contributed by atoms with Gasteiger partial charge in [-0.1, -0.05) is 11.8 Å².